The van der Waals surface area contributed by atoms with E-state index in [0.29, 0.717) is 5.92 Å². The van der Waals surface area contributed by atoms with Crippen molar-refractivity contribution in [2.24, 2.45) is 0 Å². The zero-order valence-corrected chi connectivity index (χ0v) is 10.1. The molecule has 5 heteroatoms. The molecule has 0 aromatic heterocycles. The second-order valence-corrected chi connectivity index (χ2v) is 6.51. The van der Waals surface area contributed by atoms with Crippen molar-refractivity contribution in [1.82, 2.24) is 0 Å². The zero-order chi connectivity index (χ0) is 11.2. The summed E-state index contributed by atoms with van der Waals surface area (Å²) >= 11 is 0. The van der Waals surface area contributed by atoms with E-state index in [1.165, 1.54) is 0 Å². The molecule has 0 bridgehead atoms. The quantitative estimate of drug-likeness (QED) is 0.712. The van der Waals surface area contributed by atoms with Crippen molar-refractivity contribution in [3.05, 3.63) is 23.8 Å². The van der Waals surface area contributed by atoms with Gasteiger partial charge in [0, 0.05) is 35.9 Å². The van der Waals surface area contributed by atoms with E-state index in [4.69, 9.17) is 10.7 Å². The van der Waals surface area contributed by atoms with Gasteiger partial charge in [0.2, 0.25) is 0 Å². The first kappa shape index (κ1) is 10.8. The molecule has 0 N–H and O–H groups in total. The topological polar surface area (TPSA) is 37.4 Å². The van der Waals surface area contributed by atoms with E-state index in [1.54, 1.807) is 12.1 Å². The van der Waals surface area contributed by atoms with E-state index in [9.17, 15) is 8.42 Å². The zero-order valence-electron chi connectivity index (χ0n) is 8.57. The largest absolute Gasteiger partial charge is 0.374 e. The molecular formula is C10H12ClNO2S. The molecule has 82 valence electrons. The van der Waals surface area contributed by atoms with Gasteiger partial charge >= 0.3 is 0 Å². The highest BCUT2D eigenvalue weighted by molar-refractivity contribution is 8.13. The smallest absolute Gasteiger partial charge is 0.261 e. The third-order valence-corrected chi connectivity index (χ3v) is 4.12. The molecule has 0 fully saturated rings. The molecule has 0 aliphatic carbocycles. The van der Waals surface area contributed by atoms with Crippen molar-refractivity contribution in [3.63, 3.8) is 0 Å². The van der Waals surface area contributed by atoms with Crippen LogP contribution in [0.2, 0.25) is 0 Å². The second kappa shape index (κ2) is 3.39. The first-order chi connectivity index (χ1) is 6.89. The van der Waals surface area contributed by atoms with Crippen LogP contribution < -0.4 is 4.90 Å². The molecule has 1 aliphatic rings. The SMILES string of the molecule is CC1CN(C)c2ccc(S(=O)(=O)Cl)cc21. The average Bonchev–Trinajstić information content (AvgIpc) is 2.41. The molecule has 2 rings (SSSR count). The predicted octanol–water partition coefficient (Wildman–Crippen LogP) is 2.17. The summed E-state index contributed by atoms with van der Waals surface area (Å²) in [6, 6.07) is 5.04. The molecule has 0 amide bonds. The Kier molecular flexibility index (Phi) is 2.43. The number of fused-ring (bicyclic) bond motifs is 1. The Hall–Kier alpha value is -0.740. The highest BCUT2D eigenvalue weighted by atomic mass is 35.7. The van der Waals surface area contributed by atoms with Crippen LogP contribution in [0.3, 0.4) is 0 Å². The van der Waals surface area contributed by atoms with E-state index in [-0.39, 0.29) is 4.90 Å². The monoisotopic (exact) mass is 245 g/mol. The number of nitrogens with zero attached hydrogens (tertiary/aromatic N) is 1. The number of rotatable bonds is 1. The van der Waals surface area contributed by atoms with Crippen LogP contribution >= 0.6 is 10.7 Å². The van der Waals surface area contributed by atoms with E-state index in [2.05, 4.69) is 11.8 Å². The van der Waals surface area contributed by atoms with Gasteiger partial charge in [-0.3, -0.25) is 0 Å². The van der Waals surface area contributed by atoms with Gasteiger partial charge in [-0.2, -0.15) is 0 Å². The maximum atomic E-state index is 11.2. The molecular weight excluding hydrogens is 234 g/mol. The molecule has 3 nitrogen and oxygen atoms in total. The third kappa shape index (κ3) is 1.84. The van der Waals surface area contributed by atoms with Gasteiger partial charge in [0.05, 0.1) is 4.90 Å². The fourth-order valence-electron chi connectivity index (χ4n) is 2.03. The first-order valence-electron chi connectivity index (χ1n) is 4.69. The average molecular weight is 246 g/mol. The van der Waals surface area contributed by atoms with Crippen molar-refractivity contribution in [2.45, 2.75) is 17.7 Å². The molecule has 0 saturated heterocycles. The lowest BCUT2D eigenvalue weighted by Crippen LogP contribution is -2.13. The Morgan fingerprint density at radius 1 is 1.47 bits per heavy atom. The summed E-state index contributed by atoms with van der Waals surface area (Å²) in [6.07, 6.45) is 0. The van der Waals surface area contributed by atoms with Gasteiger partial charge in [-0.25, -0.2) is 8.42 Å². The minimum Gasteiger partial charge on any atom is -0.374 e. The van der Waals surface area contributed by atoms with Gasteiger partial charge < -0.3 is 4.90 Å². The van der Waals surface area contributed by atoms with Gasteiger partial charge in [0.1, 0.15) is 0 Å². The van der Waals surface area contributed by atoms with Crippen LogP contribution in [-0.2, 0) is 9.05 Å². The van der Waals surface area contributed by atoms with E-state index in [1.807, 2.05) is 13.1 Å². The summed E-state index contributed by atoms with van der Waals surface area (Å²) in [4.78, 5) is 2.30. The second-order valence-electron chi connectivity index (χ2n) is 3.94. The number of hydrogen-bond donors (Lipinski definition) is 0. The van der Waals surface area contributed by atoms with Crippen LogP contribution in [0.15, 0.2) is 23.1 Å². The van der Waals surface area contributed by atoms with Gasteiger partial charge in [-0.15, -0.1) is 0 Å². The van der Waals surface area contributed by atoms with E-state index >= 15 is 0 Å². The molecule has 15 heavy (non-hydrogen) atoms. The minimum absolute atomic E-state index is 0.185. The fraction of sp³-hybridized carbons (Fsp3) is 0.400. The van der Waals surface area contributed by atoms with Crippen molar-refractivity contribution < 1.29 is 8.42 Å². The summed E-state index contributed by atoms with van der Waals surface area (Å²) in [7, 11) is 3.69. The number of benzene rings is 1. The van der Waals surface area contributed by atoms with Crippen molar-refractivity contribution in [3.8, 4) is 0 Å². The Morgan fingerprint density at radius 2 is 2.13 bits per heavy atom. The van der Waals surface area contributed by atoms with Crippen LogP contribution in [0.5, 0.6) is 0 Å². The molecule has 1 atom stereocenters. The summed E-state index contributed by atoms with van der Waals surface area (Å²) < 4.78 is 22.3. The van der Waals surface area contributed by atoms with Gasteiger partial charge in [-0.05, 0) is 23.8 Å². The lowest BCUT2D eigenvalue weighted by atomic mass is 10.0. The lowest BCUT2D eigenvalue weighted by molar-refractivity contribution is 0.609. The van der Waals surface area contributed by atoms with Gasteiger partial charge in [0.15, 0.2) is 0 Å². The summed E-state index contributed by atoms with van der Waals surface area (Å²) in [6.45, 7) is 2.99. The molecule has 1 heterocycles. The molecule has 1 aliphatic heterocycles. The third-order valence-electron chi connectivity index (χ3n) is 2.77. The number of halogens is 1. The van der Waals surface area contributed by atoms with Crippen molar-refractivity contribution >= 4 is 25.4 Å². The molecule has 0 saturated carbocycles. The lowest BCUT2D eigenvalue weighted by Gasteiger charge is -2.11. The molecule has 0 spiro atoms. The van der Waals surface area contributed by atoms with Crippen molar-refractivity contribution in [2.75, 3.05) is 18.5 Å². The standard InChI is InChI=1S/C10H12ClNO2S/c1-7-6-12(2)10-4-3-8(5-9(7)10)15(11,13)14/h3-5,7H,6H2,1-2H3. The number of hydrogen-bond acceptors (Lipinski definition) is 3. The number of anilines is 1. The normalized spacial score (nSPS) is 20.5. The highest BCUT2D eigenvalue weighted by Gasteiger charge is 2.24. The fourth-order valence-corrected chi connectivity index (χ4v) is 2.82. The molecule has 0 radical (unpaired) electrons. The van der Waals surface area contributed by atoms with Crippen molar-refractivity contribution in [1.29, 1.82) is 0 Å². The Labute approximate surface area is 94.1 Å². The Bertz CT molecular complexity index is 498. The summed E-state index contributed by atoms with van der Waals surface area (Å²) in [5.41, 5.74) is 2.14. The van der Waals surface area contributed by atoms with Crippen LogP contribution in [0, 0.1) is 0 Å². The minimum atomic E-state index is -3.61. The van der Waals surface area contributed by atoms with Crippen LogP contribution in [0.25, 0.3) is 0 Å². The Balaban J connectivity index is 2.57. The maximum absolute atomic E-state index is 11.2. The van der Waals surface area contributed by atoms with Gasteiger partial charge in [0.25, 0.3) is 9.05 Å². The highest BCUT2D eigenvalue weighted by Crippen LogP contribution is 2.36. The molecule has 1 aromatic rings. The predicted molar refractivity (Wildman–Crippen MR) is 61.2 cm³/mol. The summed E-state index contributed by atoms with van der Waals surface area (Å²) in [5.74, 6) is 0.350. The van der Waals surface area contributed by atoms with Gasteiger partial charge in [-0.1, -0.05) is 6.92 Å². The maximum Gasteiger partial charge on any atom is 0.261 e. The number of likely N-dealkylation sites (N-methyl/N-ethyl adjacent to an activating group) is 1. The molecule has 1 unspecified atom stereocenters. The van der Waals surface area contributed by atoms with Crippen LogP contribution in [0.4, 0.5) is 5.69 Å². The van der Waals surface area contributed by atoms with Crippen LogP contribution in [-0.4, -0.2) is 22.0 Å². The first-order valence-corrected chi connectivity index (χ1v) is 7.00. The summed E-state index contributed by atoms with van der Waals surface area (Å²) in [5, 5.41) is 0. The van der Waals surface area contributed by atoms with Crippen LogP contribution in [0.1, 0.15) is 18.4 Å². The van der Waals surface area contributed by atoms with E-state index in [0.717, 1.165) is 17.8 Å². The molecule has 1 aromatic carbocycles. The van der Waals surface area contributed by atoms with E-state index < -0.39 is 9.05 Å². The Morgan fingerprint density at radius 3 is 2.73 bits per heavy atom.